The number of nitrogens with zero attached hydrogens (tertiary/aromatic N) is 3. The number of thioether (sulfide) groups is 2. The summed E-state index contributed by atoms with van der Waals surface area (Å²) in [7, 11) is 1.77. The molecule has 1 aromatic carbocycles. The van der Waals surface area contributed by atoms with E-state index in [0.717, 1.165) is 5.75 Å². The average molecular weight is 323 g/mol. The largest absolute Gasteiger partial charge is 0.368 e. The lowest BCUT2D eigenvalue weighted by Crippen LogP contribution is -2.27. The molecule has 0 aliphatic heterocycles. The SMILES string of the molecule is Cn1c(N)nnc1SCC(=O)NCCSc1ccccc1. The van der Waals surface area contributed by atoms with Crippen molar-refractivity contribution in [3.05, 3.63) is 30.3 Å². The van der Waals surface area contributed by atoms with Gasteiger partial charge in [0.1, 0.15) is 0 Å². The Morgan fingerprint density at radius 1 is 1.29 bits per heavy atom. The molecule has 1 aromatic heterocycles. The number of nitrogens with one attached hydrogen (secondary N) is 1. The summed E-state index contributed by atoms with van der Waals surface area (Å²) >= 11 is 3.04. The number of aromatic nitrogens is 3. The first kappa shape index (κ1) is 15.7. The van der Waals surface area contributed by atoms with E-state index < -0.39 is 0 Å². The summed E-state index contributed by atoms with van der Waals surface area (Å²) in [5.41, 5.74) is 5.57. The fourth-order valence-electron chi connectivity index (χ4n) is 1.51. The van der Waals surface area contributed by atoms with E-state index in [2.05, 4.69) is 27.6 Å². The van der Waals surface area contributed by atoms with Crippen molar-refractivity contribution >= 4 is 35.4 Å². The molecule has 1 amide bonds. The molecule has 0 saturated carbocycles. The molecular formula is C13H17N5OS2. The molecule has 8 heteroatoms. The van der Waals surface area contributed by atoms with Gasteiger partial charge in [0.25, 0.3) is 0 Å². The van der Waals surface area contributed by atoms with Crippen LogP contribution in [0.2, 0.25) is 0 Å². The number of hydrogen-bond acceptors (Lipinski definition) is 6. The smallest absolute Gasteiger partial charge is 0.230 e. The molecule has 0 unspecified atom stereocenters. The number of benzene rings is 1. The summed E-state index contributed by atoms with van der Waals surface area (Å²) < 4.78 is 1.66. The third kappa shape index (κ3) is 4.98. The third-order valence-electron chi connectivity index (χ3n) is 2.64. The van der Waals surface area contributed by atoms with Crippen molar-refractivity contribution in [1.29, 1.82) is 0 Å². The fraction of sp³-hybridized carbons (Fsp3) is 0.308. The minimum absolute atomic E-state index is 0.0183. The summed E-state index contributed by atoms with van der Waals surface area (Å²) in [6.45, 7) is 0.639. The predicted octanol–water partition coefficient (Wildman–Crippen LogP) is 1.40. The number of anilines is 1. The van der Waals surface area contributed by atoms with Gasteiger partial charge in [-0.15, -0.1) is 22.0 Å². The molecule has 112 valence electrons. The lowest BCUT2D eigenvalue weighted by atomic mass is 10.4. The van der Waals surface area contributed by atoms with Gasteiger partial charge in [-0.05, 0) is 12.1 Å². The maximum absolute atomic E-state index is 11.7. The van der Waals surface area contributed by atoms with Crippen molar-refractivity contribution in [2.24, 2.45) is 7.05 Å². The zero-order chi connectivity index (χ0) is 15.1. The van der Waals surface area contributed by atoms with E-state index in [1.54, 1.807) is 23.4 Å². The Morgan fingerprint density at radius 2 is 2.05 bits per heavy atom. The van der Waals surface area contributed by atoms with E-state index in [4.69, 9.17) is 5.73 Å². The van der Waals surface area contributed by atoms with E-state index >= 15 is 0 Å². The first-order valence-electron chi connectivity index (χ1n) is 6.39. The second-order valence-corrected chi connectivity index (χ2v) is 6.31. The molecule has 0 atom stereocenters. The number of nitrogens with two attached hydrogens (primary N) is 1. The van der Waals surface area contributed by atoms with Gasteiger partial charge in [-0.2, -0.15) is 0 Å². The molecule has 0 radical (unpaired) electrons. The predicted molar refractivity (Wildman–Crippen MR) is 86.3 cm³/mol. The number of carbonyl (C=O) groups excluding carboxylic acids is 1. The fourth-order valence-corrected chi connectivity index (χ4v) is 3.05. The van der Waals surface area contributed by atoms with Crippen LogP contribution >= 0.6 is 23.5 Å². The van der Waals surface area contributed by atoms with Gasteiger partial charge in [-0.25, -0.2) is 0 Å². The summed E-state index contributed by atoms with van der Waals surface area (Å²) in [4.78, 5) is 12.9. The Labute approximate surface area is 131 Å². The number of rotatable bonds is 7. The first-order chi connectivity index (χ1) is 10.2. The van der Waals surface area contributed by atoms with Crippen LogP contribution in [0, 0.1) is 0 Å². The maximum Gasteiger partial charge on any atom is 0.230 e. The van der Waals surface area contributed by atoms with E-state index in [9.17, 15) is 4.79 Å². The molecule has 0 bridgehead atoms. The molecule has 0 spiro atoms. The van der Waals surface area contributed by atoms with Gasteiger partial charge in [0, 0.05) is 24.2 Å². The highest BCUT2D eigenvalue weighted by atomic mass is 32.2. The normalized spacial score (nSPS) is 10.5. The van der Waals surface area contributed by atoms with Gasteiger partial charge in [-0.1, -0.05) is 30.0 Å². The van der Waals surface area contributed by atoms with Crippen LogP contribution in [-0.4, -0.2) is 38.7 Å². The summed E-state index contributed by atoms with van der Waals surface area (Å²) in [5, 5.41) is 11.1. The molecule has 2 rings (SSSR count). The summed E-state index contributed by atoms with van der Waals surface area (Å²) in [6.07, 6.45) is 0. The second-order valence-electron chi connectivity index (χ2n) is 4.20. The standard InChI is InChI=1S/C13H17N5OS2/c1-18-12(14)16-17-13(18)21-9-11(19)15-7-8-20-10-5-3-2-4-6-10/h2-6H,7-9H2,1H3,(H2,14,16)(H,15,19). The minimum Gasteiger partial charge on any atom is -0.368 e. The van der Waals surface area contributed by atoms with Crippen LogP contribution in [0.15, 0.2) is 40.4 Å². The van der Waals surface area contributed by atoms with Crippen molar-refractivity contribution < 1.29 is 4.79 Å². The molecule has 0 aliphatic rings. The van der Waals surface area contributed by atoms with Crippen LogP contribution in [-0.2, 0) is 11.8 Å². The first-order valence-corrected chi connectivity index (χ1v) is 8.36. The van der Waals surface area contributed by atoms with Crippen LogP contribution in [0.25, 0.3) is 0 Å². The monoisotopic (exact) mass is 323 g/mol. The number of hydrogen-bond donors (Lipinski definition) is 2. The summed E-state index contributed by atoms with van der Waals surface area (Å²) in [6, 6.07) is 10.1. The van der Waals surface area contributed by atoms with Crippen LogP contribution in [0.1, 0.15) is 0 Å². The van der Waals surface area contributed by atoms with E-state index in [1.807, 2.05) is 18.2 Å². The lowest BCUT2D eigenvalue weighted by Gasteiger charge is -2.05. The van der Waals surface area contributed by atoms with Crippen LogP contribution in [0.3, 0.4) is 0 Å². The van der Waals surface area contributed by atoms with E-state index in [0.29, 0.717) is 23.4 Å². The zero-order valence-corrected chi connectivity index (χ0v) is 13.3. The van der Waals surface area contributed by atoms with E-state index in [-0.39, 0.29) is 5.91 Å². The molecule has 0 saturated heterocycles. The third-order valence-corrected chi connectivity index (χ3v) is 4.67. The number of carbonyl (C=O) groups is 1. The van der Waals surface area contributed by atoms with Gasteiger partial charge in [-0.3, -0.25) is 9.36 Å². The van der Waals surface area contributed by atoms with Crippen molar-refractivity contribution in [3.8, 4) is 0 Å². The molecule has 6 nitrogen and oxygen atoms in total. The maximum atomic E-state index is 11.7. The van der Waals surface area contributed by atoms with Gasteiger partial charge in [0.05, 0.1) is 5.75 Å². The Hall–Kier alpha value is -1.67. The molecule has 0 fully saturated rings. The Morgan fingerprint density at radius 3 is 2.71 bits per heavy atom. The van der Waals surface area contributed by atoms with Gasteiger partial charge < -0.3 is 11.1 Å². The highest BCUT2D eigenvalue weighted by Crippen LogP contribution is 2.17. The van der Waals surface area contributed by atoms with Gasteiger partial charge >= 0.3 is 0 Å². The molecule has 21 heavy (non-hydrogen) atoms. The van der Waals surface area contributed by atoms with Crippen molar-refractivity contribution in [1.82, 2.24) is 20.1 Å². The summed E-state index contributed by atoms with van der Waals surface area (Å²) in [5.74, 6) is 1.48. The van der Waals surface area contributed by atoms with Crippen LogP contribution in [0.4, 0.5) is 5.95 Å². The van der Waals surface area contributed by atoms with Crippen molar-refractivity contribution in [2.75, 3.05) is 23.8 Å². The highest BCUT2D eigenvalue weighted by Gasteiger charge is 2.08. The quantitative estimate of drug-likeness (QED) is 0.592. The Kier molecular flexibility index (Phi) is 5.94. The Bertz CT molecular complexity index is 588. The van der Waals surface area contributed by atoms with Crippen molar-refractivity contribution in [2.45, 2.75) is 10.1 Å². The lowest BCUT2D eigenvalue weighted by molar-refractivity contribution is -0.118. The number of nitrogen functional groups attached to an aromatic ring is 1. The topological polar surface area (TPSA) is 85.8 Å². The highest BCUT2D eigenvalue weighted by molar-refractivity contribution is 7.99. The Balaban J connectivity index is 1.63. The number of amides is 1. The molecule has 0 aliphatic carbocycles. The van der Waals surface area contributed by atoms with Crippen LogP contribution in [0.5, 0.6) is 0 Å². The van der Waals surface area contributed by atoms with Crippen molar-refractivity contribution in [3.63, 3.8) is 0 Å². The van der Waals surface area contributed by atoms with Gasteiger partial charge in [0.15, 0.2) is 5.16 Å². The molecular weight excluding hydrogens is 306 g/mol. The zero-order valence-electron chi connectivity index (χ0n) is 11.7. The van der Waals surface area contributed by atoms with E-state index in [1.165, 1.54) is 16.7 Å². The second kappa shape index (κ2) is 7.94. The van der Waals surface area contributed by atoms with Gasteiger partial charge in [0.2, 0.25) is 11.9 Å². The molecule has 1 heterocycles. The average Bonchev–Trinajstić information content (AvgIpc) is 2.82. The van der Waals surface area contributed by atoms with Crippen LogP contribution < -0.4 is 11.1 Å². The minimum atomic E-state index is -0.0183. The molecule has 2 aromatic rings. The molecule has 3 N–H and O–H groups in total.